The molecule has 0 radical (unpaired) electrons. The summed E-state index contributed by atoms with van der Waals surface area (Å²) in [5.74, 6) is 0. The third kappa shape index (κ3) is 2.42. The minimum atomic E-state index is 0.0148. The second-order valence-electron chi connectivity index (χ2n) is 3.24. The first-order chi connectivity index (χ1) is 6.15. The molecular weight excluding hydrogens is 162 g/mol. The Labute approximate surface area is 79.6 Å². The van der Waals surface area contributed by atoms with Gasteiger partial charge in [0.05, 0.1) is 17.6 Å². The van der Waals surface area contributed by atoms with Gasteiger partial charge < -0.3 is 10.6 Å². The predicted octanol–water partition coefficient (Wildman–Crippen LogP) is 1.56. The van der Waals surface area contributed by atoms with E-state index >= 15 is 0 Å². The van der Waals surface area contributed by atoms with Crippen molar-refractivity contribution in [2.24, 2.45) is 5.73 Å². The molecule has 0 saturated carbocycles. The zero-order chi connectivity index (χ0) is 9.84. The van der Waals surface area contributed by atoms with Gasteiger partial charge in [-0.2, -0.15) is 0 Å². The number of rotatable bonds is 3. The van der Waals surface area contributed by atoms with Crippen LogP contribution < -0.4 is 10.6 Å². The largest absolute Gasteiger partial charge is 0.374 e. The van der Waals surface area contributed by atoms with Crippen molar-refractivity contribution in [3.05, 3.63) is 24.0 Å². The Morgan fingerprint density at radius 3 is 2.62 bits per heavy atom. The van der Waals surface area contributed by atoms with Gasteiger partial charge >= 0.3 is 0 Å². The van der Waals surface area contributed by atoms with E-state index in [1.807, 2.05) is 26.2 Å². The van der Waals surface area contributed by atoms with Crippen molar-refractivity contribution in [2.45, 2.75) is 19.9 Å². The van der Waals surface area contributed by atoms with E-state index in [1.54, 1.807) is 0 Å². The molecule has 13 heavy (non-hydrogen) atoms. The molecule has 0 bridgehead atoms. The minimum Gasteiger partial charge on any atom is -0.374 e. The Bertz CT molecular complexity index is 253. The van der Waals surface area contributed by atoms with E-state index in [-0.39, 0.29) is 6.04 Å². The summed E-state index contributed by atoms with van der Waals surface area (Å²) in [6.45, 7) is 5.03. The fourth-order valence-corrected chi connectivity index (χ4v) is 1.08. The maximum absolute atomic E-state index is 5.70. The summed E-state index contributed by atoms with van der Waals surface area (Å²) in [6.07, 6.45) is 1.86. The monoisotopic (exact) mass is 179 g/mol. The first-order valence-electron chi connectivity index (χ1n) is 4.57. The second-order valence-corrected chi connectivity index (χ2v) is 3.24. The molecule has 72 valence electrons. The molecule has 0 saturated heterocycles. The highest BCUT2D eigenvalue weighted by molar-refractivity contribution is 5.43. The van der Waals surface area contributed by atoms with Crippen LogP contribution in [-0.2, 0) is 0 Å². The van der Waals surface area contributed by atoms with Crippen molar-refractivity contribution < 1.29 is 0 Å². The van der Waals surface area contributed by atoms with Crippen molar-refractivity contribution in [3.8, 4) is 0 Å². The summed E-state index contributed by atoms with van der Waals surface area (Å²) >= 11 is 0. The van der Waals surface area contributed by atoms with E-state index in [1.165, 1.54) is 0 Å². The molecule has 0 aliphatic heterocycles. The Morgan fingerprint density at radius 2 is 2.23 bits per heavy atom. The normalized spacial score (nSPS) is 12.6. The fraction of sp³-hybridized carbons (Fsp3) is 0.500. The van der Waals surface area contributed by atoms with Crippen molar-refractivity contribution >= 4 is 5.69 Å². The van der Waals surface area contributed by atoms with Gasteiger partial charge in [0.25, 0.3) is 0 Å². The molecule has 0 aliphatic carbocycles. The van der Waals surface area contributed by atoms with Gasteiger partial charge in [0, 0.05) is 19.6 Å². The SMILES string of the molecule is CCN(C)c1ccc(C(C)N)nc1. The van der Waals surface area contributed by atoms with Gasteiger partial charge in [0.1, 0.15) is 0 Å². The lowest BCUT2D eigenvalue weighted by atomic mass is 10.2. The first-order valence-corrected chi connectivity index (χ1v) is 4.57. The number of nitrogens with two attached hydrogens (primary N) is 1. The average molecular weight is 179 g/mol. The molecule has 1 rings (SSSR count). The van der Waals surface area contributed by atoms with E-state index < -0.39 is 0 Å². The van der Waals surface area contributed by atoms with Crippen molar-refractivity contribution in [1.29, 1.82) is 0 Å². The van der Waals surface area contributed by atoms with Gasteiger partial charge in [-0.3, -0.25) is 4.98 Å². The van der Waals surface area contributed by atoms with Gasteiger partial charge in [-0.05, 0) is 26.0 Å². The van der Waals surface area contributed by atoms with Gasteiger partial charge in [0.15, 0.2) is 0 Å². The van der Waals surface area contributed by atoms with Crippen LogP contribution in [0.5, 0.6) is 0 Å². The molecule has 1 heterocycles. The van der Waals surface area contributed by atoms with Crippen molar-refractivity contribution in [3.63, 3.8) is 0 Å². The van der Waals surface area contributed by atoms with Crippen molar-refractivity contribution in [2.75, 3.05) is 18.5 Å². The lowest BCUT2D eigenvalue weighted by Crippen LogP contribution is -2.16. The minimum absolute atomic E-state index is 0.0148. The molecule has 0 spiro atoms. The third-order valence-corrected chi connectivity index (χ3v) is 2.15. The highest BCUT2D eigenvalue weighted by atomic mass is 15.1. The molecule has 1 unspecified atom stereocenters. The maximum atomic E-state index is 5.70. The number of aromatic nitrogens is 1. The molecule has 3 heteroatoms. The van der Waals surface area contributed by atoms with Crippen LogP contribution in [0.2, 0.25) is 0 Å². The van der Waals surface area contributed by atoms with Gasteiger partial charge in [-0.1, -0.05) is 0 Å². The molecule has 0 aromatic carbocycles. The summed E-state index contributed by atoms with van der Waals surface area (Å²) in [7, 11) is 2.04. The summed E-state index contributed by atoms with van der Waals surface area (Å²) < 4.78 is 0. The lowest BCUT2D eigenvalue weighted by Gasteiger charge is -2.16. The van der Waals surface area contributed by atoms with E-state index in [9.17, 15) is 0 Å². The highest BCUT2D eigenvalue weighted by Gasteiger charge is 2.02. The standard InChI is InChI=1S/C10H17N3/c1-4-13(3)9-5-6-10(8(2)11)12-7-9/h5-8H,4,11H2,1-3H3. The summed E-state index contributed by atoms with van der Waals surface area (Å²) in [4.78, 5) is 6.42. The Balaban J connectivity index is 2.81. The van der Waals surface area contributed by atoms with E-state index in [0.717, 1.165) is 17.9 Å². The van der Waals surface area contributed by atoms with Crippen LogP contribution in [0, 0.1) is 0 Å². The molecule has 1 atom stereocenters. The molecule has 0 amide bonds. The van der Waals surface area contributed by atoms with Crippen LogP contribution in [0.4, 0.5) is 5.69 Å². The lowest BCUT2D eigenvalue weighted by molar-refractivity contribution is 0.779. The van der Waals surface area contributed by atoms with Gasteiger partial charge in [0.2, 0.25) is 0 Å². The topological polar surface area (TPSA) is 42.1 Å². The number of nitrogens with zero attached hydrogens (tertiary/aromatic N) is 2. The Hall–Kier alpha value is -1.09. The summed E-state index contributed by atoms with van der Waals surface area (Å²) in [5, 5.41) is 0. The van der Waals surface area contributed by atoms with Gasteiger partial charge in [-0.25, -0.2) is 0 Å². The number of pyridine rings is 1. The van der Waals surface area contributed by atoms with Gasteiger partial charge in [-0.15, -0.1) is 0 Å². The molecule has 1 aromatic rings. The summed E-state index contributed by atoms with van der Waals surface area (Å²) in [6, 6.07) is 4.04. The zero-order valence-corrected chi connectivity index (χ0v) is 8.49. The molecular formula is C10H17N3. The predicted molar refractivity (Wildman–Crippen MR) is 55.8 cm³/mol. The average Bonchev–Trinajstić information content (AvgIpc) is 2.17. The molecule has 1 aromatic heterocycles. The zero-order valence-electron chi connectivity index (χ0n) is 8.49. The number of hydrogen-bond donors (Lipinski definition) is 1. The number of anilines is 1. The summed E-state index contributed by atoms with van der Waals surface area (Å²) in [5.41, 5.74) is 7.77. The second kappa shape index (κ2) is 4.23. The Kier molecular flexibility index (Phi) is 3.25. The van der Waals surface area contributed by atoms with Crippen LogP contribution in [0.3, 0.4) is 0 Å². The van der Waals surface area contributed by atoms with Crippen molar-refractivity contribution in [1.82, 2.24) is 4.98 Å². The smallest absolute Gasteiger partial charge is 0.0569 e. The Morgan fingerprint density at radius 1 is 1.54 bits per heavy atom. The van der Waals surface area contributed by atoms with Crippen LogP contribution in [0.25, 0.3) is 0 Å². The van der Waals surface area contributed by atoms with E-state index in [0.29, 0.717) is 0 Å². The molecule has 3 nitrogen and oxygen atoms in total. The first kappa shape index (κ1) is 9.99. The molecule has 0 aliphatic rings. The van der Waals surface area contributed by atoms with Crippen LogP contribution >= 0.6 is 0 Å². The quantitative estimate of drug-likeness (QED) is 0.765. The highest BCUT2D eigenvalue weighted by Crippen LogP contribution is 2.13. The van der Waals surface area contributed by atoms with Crippen LogP contribution in [-0.4, -0.2) is 18.6 Å². The van der Waals surface area contributed by atoms with E-state index in [4.69, 9.17) is 5.73 Å². The molecule has 0 fully saturated rings. The van der Waals surface area contributed by atoms with Crippen LogP contribution in [0.1, 0.15) is 25.6 Å². The fourth-order valence-electron chi connectivity index (χ4n) is 1.08. The van der Waals surface area contributed by atoms with Crippen LogP contribution in [0.15, 0.2) is 18.3 Å². The number of hydrogen-bond acceptors (Lipinski definition) is 3. The maximum Gasteiger partial charge on any atom is 0.0569 e. The third-order valence-electron chi connectivity index (χ3n) is 2.15. The van der Waals surface area contributed by atoms with E-state index in [2.05, 4.69) is 22.9 Å². The molecule has 2 N–H and O–H groups in total.